The van der Waals surface area contributed by atoms with E-state index in [4.69, 9.17) is 10.5 Å². The molecule has 0 aliphatic carbocycles. The highest BCUT2D eigenvalue weighted by Crippen LogP contribution is 2.30. The standard InChI is InChI=1S/C26H34N4O5S/c1-16-8-6-9-17(2)23(16)21-13-22(35-15-19(27)14-26(3,4)5)29-25(28-21)30-36(33,34)20-11-7-10-18(12-20)24(31)32/h6-13,19,24,31-32H,14-15,27H2,1-5H3,(H,28,29,30)/t19-/m1/s1. The summed E-state index contributed by atoms with van der Waals surface area (Å²) in [6, 6.07) is 12.6. The summed E-state index contributed by atoms with van der Waals surface area (Å²) in [7, 11) is -4.14. The van der Waals surface area contributed by atoms with Gasteiger partial charge < -0.3 is 20.7 Å². The molecule has 0 aliphatic rings. The molecule has 9 nitrogen and oxygen atoms in total. The number of aliphatic hydroxyl groups is 2. The van der Waals surface area contributed by atoms with Gasteiger partial charge in [0.1, 0.15) is 6.61 Å². The molecule has 0 saturated heterocycles. The number of nitrogens with zero attached hydrogens (tertiary/aromatic N) is 2. The summed E-state index contributed by atoms with van der Waals surface area (Å²) in [5.74, 6) is 0.00809. The van der Waals surface area contributed by atoms with Gasteiger partial charge in [0.25, 0.3) is 10.0 Å². The summed E-state index contributed by atoms with van der Waals surface area (Å²) >= 11 is 0. The van der Waals surface area contributed by atoms with Crippen LogP contribution in [0.5, 0.6) is 5.88 Å². The van der Waals surface area contributed by atoms with Crippen LogP contribution in [0.2, 0.25) is 0 Å². The van der Waals surface area contributed by atoms with E-state index in [0.29, 0.717) is 5.69 Å². The first-order valence-electron chi connectivity index (χ1n) is 11.6. The zero-order valence-electron chi connectivity index (χ0n) is 21.2. The van der Waals surface area contributed by atoms with Gasteiger partial charge in [0, 0.05) is 23.2 Å². The minimum Gasteiger partial charge on any atom is -0.476 e. The molecule has 2 aromatic carbocycles. The number of sulfonamides is 1. The Hall–Kier alpha value is -3.05. The number of ether oxygens (including phenoxy) is 1. The van der Waals surface area contributed by atoms with Gasteiger partial charge in [-0.25, -0.2) is 18.1 Å². The number of nitrogens with one attached hydrogen (secondary N) is 1. The van der Waals surface area contributed by atoms with Gasteiger partial charge in [-0.2, -0.15) is 4.98 Å². The van der Waals surface area contributed by atoms with Gasteiger partial charge in [0.2, 0.25) is 11.8 Å². The summed E-state index contributed by atoms with van der Waals surface area (Å²) < 4.78 is 34.4. The van der Waals surface area contributed by atoms with E-state index in [9.17, 15) is 18.6 Å². The molecule has 0 bridgehead atoms. The summed E-state index contributed by atoms with van der Waals surface area (Å²) in [5, 5.41) is 18.8. The Bertz CT molecular complexity index is 1300. The summed E-state index contributed by atoms with van der Waals surface area (Å²) in [4.78, 5) is 8.58. The molecule has 0 aliphatic heterocycles. The van der Waals surface area contributed by atoms with E-state index < -0.39 is 16.3 Å². The summed E-state index contributed by atoms with van der Waals surface area (Å²) in [6.45, 7) is 10.4. The lowest BCUT2D eigenvalue weighted by Gasteiger charge is -2.23. The van der Waals surface area contributed by atoms with E-state index >= 15 is 0 Å². The van der Waals surface area contributed by atoms with Crippen LogP contribution in [0.25, 0.3) is 11.3 Å². The fourth-order valence-corrected chi connectivity index (χ4v) is 4.95. The van der Waals surface area contributed by atoms with E-state index in [1.807, 2.05) is 32.0 Å². The number of hydrogen-bond acceptors (Lipinski definition) is 8. The van der Waals surface area contributed by atoms with Gasteiger partial charge in [-0.05, 0) is 48.9 Å². The number of nitrogens with two attached hydrogens (primary N) is 1. The van der Waals surface area contributed by atoms with E-state index in [-0.39, 0.29) is 40.4 Å². The van der Waals surface area contributed by atoms with Gasteiger partial charge in [0.05, 0.1) is 10.6 Å². The Morgan fingerprint density at radius 3 is 2.28 bits per heavy atom. The predicted octanol–water partition coefficient (Wildman–Crippen LogP) is 3.69. The van der Waals surface area contributed by atoms with E-state index in [1.54, 1.807) is 6.07 Å². The van der Waals surface area contributed by atoms with Crippen molar-refractivity contribution in [2.45, 2.75) is 58.3 Å². The van der Waals surface area contributed by atoms with Crippen LogP contribution < -0.4 is 15.2 Å². The van der Waals surface area contributed by atoms with Crippen molar-refractivity contribution >= 4 is 16.0 Å². The molecule has 194 valence electrons. The van der Waals surface area contributed by atoms with Crippen LogP contribution in [0, 0.1) is 19.3 Å². The smallest absolute Gasteiger partial charge is 0.264 e. The second kappa shape index (κ2) is 10.9. The lowest BCUT2D eigenvalue weighted by atomic mass is 9.89. The van der Waals surface area contributed by atoms with Crippen molar-refractivity contribution in [3.63, 3.8) is 0 Å². The predicted molar refractivity (Wildman–Crippen MR) is 139 cm³/mol. The first kappa shape index (κ1) is 27.5. The first-order valence-corrected chi connectivity index (χ1v) is 13.1. The lowest BCUT2D eigenvalue weighted by molar-refractivity contribution is -0.0426. The number of rotatable bonds is 9. The maximum absolute atomic E-state index is 13.1. The molecule has 0 amide bonds. The summed E-state index contributed by atoms with van der Waals surface area (Å²) in [5.41, 5.74) is 9.56. The SMILES string of the molecule is Cc1cccc(C)c1-c1cc(OC[C@H](N)CC(C)(C)C)nc(NS(=O)(=O)c2cccc(C(O)O)c2)n1. The van der Waals surface area contributed by atoms with E-state index in [0.717, 1.165) is 23.1 Å². The number of hydrogen-bond donors (Lipinski definition) is 4. The zero-order chi connectivity index (χ0) is 26.7. The highest BCUT2D eigenvalue weighted by molar-refractivity contribution is 7.92. The quantitative estimate of drug-likeness (QED) is 0.316. The second-order valence-electron chi connectivity index (χ2n) is 10.1. The minimum atomic E-state index is -4.14. The third-order valence-electron chi connectivity index (χ3n) is 5.45. The molecule has 1 heterocycles. The van der Waals surface area contributed by atoms with Crippen molar-refractivity contribution in [3.05, 3.63) is 65.2 Å². The molecule has 36 heavy (non-hydrogen) atoms. The van der Waals surface area contributed by atoms with Crippen LogP contribution in [0.3, 0.4) is 0 Å². The van der Waals surface area contributed by atoms with Crippen molar-refractivity contribution < 1.29 is 23.4 Å². The maximum atomic E-state index is 13.1. The first-order chi connectivity index (χ1) is 16.7. The lowest BCUT2D eigenvalue weighted by Crippen LogP contribution is -2.32. The van der Waals surface area contributed by atoms with Gasteiger partial charge in [-0.3, -0.25) is 0 Å². The van der Waals surface area contributed by atoms with Crippen molar-refractivity contribution in [2.75, 3.05) is 11.3 Å². The van der Waals surface area contributed by atoms with E-state index in [1.165, 1.54) is 24.3 Å². The minimum absolute atomic E-state index is 0.0232. The topological polar surface area (TPSA) is 148 Å². The van der Waals surface area contributed by atoms with Crippen molar-refractivity contribution in [2.24, 2.45) is 11.1 Å². The van der Waals surface area contributed by atoms with E-state index in [2.05, 4.69) is 35.5 Å². The van der Waals surface area contributed by atoms with Gasteiger partial charge in [-0.15, -0.1) is 0 Å². The Kier molecular flexibility index (Phi) is 8.35. The zero-order valence-corrected chi connectivity index (χ0v) is 22.0. The average molecular weight is 515 g/mol. The molecule has 10 heteroatoms. The molecule has 3 aromatic rings. The molecule has 0 saturated carbocycles. The highest BCUT2D eigenvalue weighted by Gasteiger charge is 2.21. The Morgan fingerprint density at radius 2 is 1.67 bits per heavy atom. The summed E-state index contributed by atoms with van der Waals surface area (Å²) in [6.07, 6.45) is -1.07. The molecule has 1 atom stereocenters. The van der Waals surface area contributed by atoms with Crippen molar-refractivity contribution in [3.8, 4) is 17.1 Å². The molecular weight excluding hydrogens is 480 g/mol. The number of anilines is 1. The molecule has 0 spiro atoms. The van der Waals surface area contributed by atoms with Crippen molar-refractivity contribution in [1.29, 1.82) is 0 Å². The van der Waals surface area contributed by atoms with Gasteiger partial charge in [-0.1, -0.05) is 51.1 Å². The second-order valence-corrected chi connectivity index (χ2v) is 11.8. The largest absolute Gasteiger partial charge is 0.476 e. The van der Waals surface area contributed by atoms with Gasteiger partial charge in [0.15, 0.2) is 6.29 Å². The molecule has 0 radical (unpaired) electrons. The number of benzene rings is 2. The van der Waals surface area contributed by atoms with Crippen LogP contribution in [0.1, 0.15) is 50.2 Å². The average Bonchev–Trinajstić information content (AvgIpc) is 2.76. The van der Waals surface area contributed by atoms with Crippen LogP contribution in [-0.4, -0.2) is 41.2 Å². The van der Waals surface area contributed by atoms with Crippen LogP contribution >= 0.6 is 0 Å². The molecule has 3 rings (SSSR count). The van der Waals surface area contributed by atoms with Crippen LogP contribution in [0.4, 0.5) is 5.95 Å². The Morgan fingerprint density at radius 1 is 1.03 bits per heavy atom. The third kappa shape index (κ3) is 7.23. The molecular formula is C26H34N4O5S. The molecule has 5 N–H and O–H groups in total. The normalized spacial score (nSPS) is 13.0. The Balaban J connectivity index is 1.99. The molecule has 0 unspecified atom stereocenters. The monoisotopic (exact) mass is 514 g/mol. The van der Waals surface area contributed by atoms with Crippen molar-refractivity contribution in [1.82, 2.24) is 9.97 Å². The fourth-order valence-electron chi connectivity index (χ4n) is 3.95. The van der Waals surface area contributed by atoms with Crippen LogP contribution in [-0.2, 0) is 10.0 Å². The third-order valence-corrected chi connectivity index (χ3v) is 6.78. The number of aryl methyl sites for hydroxylation is 2. The Labute approximate surface area is 212 Å². The molecule has 0 fully saturated rings. The van der Waals surface area contributed by atoms with Gasteiger partial charge >= 0.3 is 0 Å². The number of aliphatic hydroxyl groups excluding tert-OH is 1. The highest BCUT2D eigenvalue weighted by atomic mass is 32.2. The number of aromatic nitrogens is 2. The fraction of sp³-hybridized carbons (Fsp3) is 0.385. The maximum Gasteiger partial charge on any atom is 0.264 e. The van der Waals surface area contributed by atoms with Crippen LogP contribution in [0.15, 0.2) is 53.4 Å². The molecule has 1 aromatic heterocycles.